The SMILES string of the molecule is O[C@@]1(CN[C@H]2CCN(Cc3ccccc3)C2)CCSC1. The summed E-state index contributed by atoms with van der Waals surface area (Å²) in [5, 5.41) is 13.9. The van der Waals surface area contributed by atoms with Crippen molar-refractivity contribution in [2.24, 2.45) is 0 Å². The Morgan fingerprint density at radius 2 is 2.20 bits per heavy atom. The van der Waals surface area contributed by atoms with Crippen LogP contribution in [0.5, 0.6) is 0 Å². The topological polar surface area (TPSA) is 35.5 Å². The van der Waals surface area contributed by atoms with Crippen molar-refractivity contribution >= 4 is 11.8 Å². The van der Waals surface area contributed by atoms with Crippen LogP contribution in [0, 0.1) is 0 Å². The van der Waals surface area contributed by atoms with Crippen molar-refractivity contribution in [3.63, 3.8) is 0 Å². The Bertz CT molecular complexity index is 420. The van der Waals surface area contributed by atoms with Gasteiger partial charge in [0, 0.05) is 38.0 Å². The van der Waals surface area contributed by atoms with Crippen LogP contribution in [0.1, 0.15) is 18.4 Å². The van der Waals surface area contributed by atoms with Crippen molar-refractivity contribution in [3.8, 4) is 0 Å². The zero-order valence-corrected chi connectivity index (χ0v) is 12.7. The monoisotopic (exact) mass is 292 g/mol. The Balaban J connectivity index is 1.43. The van der Waals surface area contributed by atoms with E-state index in [4.69, 9.17) is 0 Å². The van der Waals surface area contributed by atoms with E-state index < -0.39 is 5.60 Å². The molecule has 0 unspecified atom stereocenters. The second kappa shape index (κ2) is 6.48. The van der Waals surface area contributed by atoms with Crippen LogP contribution in [-0.2, 0) is 6.54 Å². The molecule has 1 aromatic rings. The first-order valence-corrected chi connectivity index (χ1v) is 8.69. The number of hydrogen-bond acceptors (Lipinski definition) is 4. The molecule has 0 saturated carbocycles. The molecule has 2 atom stereocenters. The quantitative estimate of drug-likeness (QED) is 0.866. The van der Waals surface area contributed by atoms with Crippen LogP contribution in [0.2, 0.25) is 0 Å². The third kappa shape index (κ3) is 3.76. The third-order valence-electron chi connectivity index (χ3n) is 4.32. The summed E-state index contributed by atoms with van der Waals surface area (Å²) in [6, 6.07) is 11.2. The molecule has 2 N–H and O–H groups in total. The van der Waals surface area contributed by atoms with E-state index in [-0.39, 0.29) is 0 Å². The number of nitrogens with zero attached hydrogens (tertiary/aromatic N) is 1. The van der Waals surface area contributed by atoms with Crippen LogP contribution in [0.15, 0.2) is 30.3 Å². The Hall–Kier alpha value is -0.550. The molecule has 1 aromatic carbocycles. The summed E-state index contributed by atoms with van der Waals surface area (Å²) in [7, 11) is 0. The Labute approximate surface area is 125 Å². The molecule has 4 heteroatoms. The maximum atomic E-state index is 10.4. The lowest BCUT2D eigenvalue weighted by Crippen LogP contribution is -2.45. The van der Waals surface area contributed by atoms with Crippen LogP contribution in [-0.4, -0.2) is 52.8 Å². The number of nitrogens with one attached hydrogen (secondary N) is 1. The van der Waals surface area contributed by atoms with Gasteiger partial charge in [0.2, 0.25) is 0 Å². The molecular weight excluding hydrogens is 268 g/mol. The van der Waals surface area contributed by atoms with Gasteiger partial charge < -0.3 is 10.4 Å². The fourth-order valence-electron chi connectivity index (χ4n) is 3.05. The minimum absolute atomic E-state index is 0.461. The second-order valence-electron chi connectivity index (χ2n) is 6.11. The van der Waals surface area contributed by atoms with Gasteiger partial charge in [0.15, 0.2) is 0 Å². The van der Waals surface area contributed by atoms with Crippen LogP contribution in [0.25, 0.3) is 0 Å². The number of thioether (sulfide) groups is 1. The van der Waals surface area contributed by atoms with Crippen LogP contribution >= 0.6 is 11.8 Å². The van der Waals surface area contributed by atoms with Crippen molar-refractivity contribution in [1.82, 2.24) is 10.2 Å². The molecule has 2 aliphatic heterocycles. The van der Waals surface area contributed by atoms with Crippen molar-refractivity contribution < 1.29 is 5.11 Å². The van der Waals surface area contributed by atoms with Gasteiger partial charge in [-0.05, 0) is 24.2 Å². The highest BCUT2D eigenvalue weighted by Gasteiger charge is 2.33. The summed E-state index contributed by atoms with van der Waals surface area (Å²) in [6.07, 6.45) is 2.13. The van der Waals surface area contributed by atoms with E-state index in [0.717, 1.165) is 44.1 Å². The van der Waals surface area contributed by atoms with Crippen molar-refractivity contribution in [2.45, 2.75) is 31.0 Å². The summed E-state index contributed by atoms with van der Waals surface area (Å²) >= 11 is 1.87. The number of aliphatic hydroxyl groups is 1. The number of likely N-dealkylation sites (tertiary alicyclic amines) is 1. The molecule has 2 saturated heterocycles. The van der Waals surface area contributed by atoms with Gasteiger partial charge in [-0.3, -0.25) is 4.90 Å². The Morgan fingerprint density at radius 1 is 1.35 bits per heavy atom. The molecule has 2 aliphatic rings. The van der Waals surface area contributed by atoms with Gasteiger partial charge in [0.1, 0.15) is 0 Å². The number of benzene rings is 1. The fraction of sp³-hybridized carbons (Fsp3) is 0.625. The largest absolute Gasteiger partial charge is 0.388 e. The minimum Gasteiger partial charge on any atom is -0.388 e. The van der Waals surface area contributed by atoms with E-state index >= 15 is 0 Å². The molecule has 2 fully saturated rings. The van der Waals surface area contributed by atoms with E-state index in [2.05, 4.69) is 40.5 Å². The van der Waals surface area contributed by atoms with Gasteiger partial charge >= 0.3 is 0 Å². The van der Waals surface area contributed by atoms with E-state index in [1.807, 2.05) is 11.8 Å². The van der Waals surface area contributed by atoms with Gasteiger partial charge in [0.05, 0.1) is 5.60 Å². The van der Waals surface area contributed by atoms with Gasteiger partial charge in [0.25, 0.3) is 0 Å². The van der Waals surface area contributed by atoms with E-state index in [0.29, 0.717) is 6.04 Å². The van der Waals surface area contributed by atoms with E-state index in [1.165, 1.54) is 12.0 Å². The lowest BCUT2D eigenvalue weighted by molar-refractivity contribution is 0.0648. The minimum atomic E-state index is -0.461. The number of hydrogen-bond donors (Lipinski definition) is 2. The molecule has 0 aliphatic carbocycles. The first kappa shape index (κ1) is 14.4. The lowest BCUT2D eigenvalue weighted by atomic mass is 10.0. The number of rotatable bonds is 5. The Kier molecular flexibility index (Phi) is 4.66. The van der Waals surface area contributed by atoms with E-state index in [1.54, 1.807) is 0 Å². The zero-order valence-electron chi connectivity index (χ0n) is 11.9. The van der Waals surface area contributed by atoms with Crippen molar-refractivity contribution in [2.75, 3.05) is 31.1 Å². The van der Waals surface area contributed by atoms with Crippen molar-refractivity contribution in [3.05, 3.63) is 35.9 Å². The maximum Gasteiger partial charge on any atom is 0.0869 e. The highest BCUT2D eigenvalue weighted by atomic mass is 32.2. The normalized spacial score (nSPS) is 30.9. The first-order valence-electron chi connectivity index (χ1n) is 7.53. The average molecular weight is 292 g/mol. The van der Waals surface area contributed by atoms with Crippen molar-refractivity contribution in [1.29, 1.82) is 0 Å². The summed E-state index contributed by atoms with van der Waals surface area (Å²) in [5.41, 5.74) is 0.927. The van der Waals surface area contributed by atoms with Gasteiger partial charge in [-0.15, -0.1) is 0 Å². The van der Waals surface area contributed by atoms with Crippen LogP contribution in [0.3, 0.4) is 0 Å². The molecular formula is C16H24N2OS. The molecule has 3 rings (SSSR count). The molecule has 110 valence electrons. The third-order valence-corrected chi connectivity index (χ3v) is 5.56. The fourth-order valence-corrected chi connectivity index (χ4v) is 4.35. The first-order chi connectivity index (χ1) is 9.73. The van der Waals surface area contributed by atoms with Crippen LogP contribution < -0.4 is 5.32 Å². The molecule has 0 aromatic heterocycles. The summed E-state index contributed by atoms with van der Waals surface area (Å²) < 4.78 is 0. The molecule has 0 radical (unpaired) electrons. The Morgan fingerprint density at radius 3 is 2.95 bits per heavy atom. The molecule has 0 bridgehead atoms. The second-order valence-corrected chi connectivity index (χ2v) is 7.22. The standard InChI is InChI=1S/C16H24N2OS/c19-16(7-9-20-13-16)12-17-15-6-8-18(11-15)10-14-4-2-1-3-5-14/h1-5,15,17,19H,6-13H2/t15-,16+/m0/s1. The summed E-state index contributed by atoms with van der Waals surface area (Å²) in [4.78, 5) is 2.50. The highest BCUT2D eigenvalue weighted by molar-refractivity contribution is 7.99. The molecule has 0 amide bonds. The molecule has 2 heterocycles. The smallest absolute Gasteiger partial charge is 0.0869 e. The van der Waals surface area contributed by atoms with Gasteiger partial charge in [-0.2, -0.15) is 11.8 Å². The maximum absolute atomic E-state index is 10.4. The summed E-state index contributed by atoms with van der Waals surface area (Å²) in [5.74, 6) is 1.99. The lowest BCUT2D eigenvalue weighted by Gasteiger charge is -2.24. The average Bonchev–Trinajstić information content (AvgIpc) is 3.08. The molecule has 20 heavy (non-hydrogen) atoms. The molecule has 3 nitrogen and oxygen atoms in total. The van der Waals surface area contributed by atoms with Gasteiger partial charge in [-0.1, -0.05) is 30.3 Å². The van der Waals surface area contributed by atoms with Gasteiger partial charge in [-0.25, -0.2) is 0 Å². The molecule has 0 spiro atoms. The van der Waals surface area contributed by atoms with E-state index in [9.17, 15) is 5.11 Å². The highest BCUT2D eigenvalue weighted by Crippen LogP contribution is 2.27. The van der Waals surface area contributed by atoms with Crippen LogP contribution in [0.4, 0.5) is 0 Å². The predicted molar refractivity (Wildman–Crippen MR) is 85.0 cm³/mol. The zero-order chi connectivity index (χ0) is 13.8. The predicted octanol–water partition coefficient (Wildman–Crippen LogP) is 1.72. The summed E-state index contributed by atoms with van der Waals surface area (Å²) in [6.45, 7) is 4.04.